The first kappa shape index (κ1) is 15.2. The molecule has 2 aromatic carbocycles. The molecule has 0 unspecified atom stereocenters. The Balaban J connectivity index is 1.67. The molecule has 0 aliphatic heterocycles. The van der Waals surface area contributed by atoms with Crippen molar-refractivity contribution in [2.24, 2.45) is 9.98 Å². The maximum absolute atomic E-state index is 4.43. The van der Waals surface area contributed by atoms with E-state index in [4.69, 9.17) is 0 Å². The fraction of sp³-hybridized carbons (Fsp3) is 0.263. The Morgan fingerprint density at radius 2 is 1.05 bits per heavy atom. The summed E-state index contributed by atoms with van der Waals surface area (Å²) in [5, 5.41) is 0. The standard InChI is InChI=1S/C19H22N2/c1-16-4-8-18(9-5-16)14-20-12-3-13-21-15-19-10-6-17(2)7-11-19/h4-11,14-15H,3,12-13H2,1-2H3. The molecule has 0 amide bonds. The van der Waals surface area contributed by atoms with Crippen molar-refractivity contribution in [2.45, 2.75) is 20.3 Å². The zero-order valence-electron chi connectivity index (χ0n) is 12.8. The van der Waals surface area contributed by atoms with E-state index in [9.17, 15) is 0 Å². The average molecular weight is 278 g/mol. The lowest BCUT2D eigenvalue weighted by atomic mass is 10.2. The van der Waals surface area contributed by atoms with Crippen LogP contribution in [0.4, 0.5) is 0 Å². The number of aryl methyl sites for hydroxylation is 2. The highest BCUT2D eigenvalue weighted by Crippen LogP contribution is 2.01. The Bertz CT molecular complexity index is 537. The van der Waals surface area contributed by atoms with Gasteiger partial charge in [0.15, 0.2) is 0 Å². The van der Waals surface area contributed by atoms with Gasteiger partial charge in [0.05, 0.1) is 0 Å². The van der Waals surface area contributed by atoms with Gasteiger partial charge in [-0.05, 0) is 31.4 Å². The largest absolute Gasteiger partial charge is 0.292 e. The van der Waals surface area contributed by atoms with E-state index < -0.39 is 0 Å². The summed E-state index contributed by atoms with van der Waals surface area (Å²) in [6.07, 6.45) is 4.84. The molecule has 0 heterocycles. The van der Waals surface area contributed by atoms with E-state index >= 15 is 0 Å². The summed E-state index contributed by atoms with van der Waals surface area (Å²) in [7, 11) is 0. The van der Waals surface area contributed by atoms with Crippen LogP contribution in [0.2, 0.25) is 0 Å². The second-order valence-electron chi connectivity index (χ2n) is 5.25. The van der Waals surface area contributed by atoms with Crippen LogP contribution in [-0.2, 0) is 0 Å². The lowest BCUT2D eigenvalue weighted by Gasteiger charge is -1.96. The molecule has 0 aromatic heterocycles. The molecule has 2 heteroatoms. The van der Waals surface area contributed by atoms with Crippen LogP contribution >= 0.6 is 0 Å². The molecule has 0 spiro atoms. The van der Waals surface area contributed by atoms with Crippen LogP contribution in [0.25, 0.3) is 0 Å². The minimum atomic E-state index is 0.819. The quantitative estimate of drug-likeness (QED) is 0.558. The molecule has 0 atom stereocenters. The van der Waals surface area contributed by atoms with E-state index in [2.05, 4.69) is 72.4 Å². The highest BCUT2D eigenvalue weighted by atomic mass is 14.7. The van der Waals surface area contributed by atoms with Gasteiger partial charge in [-0.3, -0.25) is 9.98 Å². The minimum absolute atomic E-state index is 0.819. The fourth-order valence-corrected chi connectivity index (χ4v) is 1.90. The van der Waals surface area contributed by atoms with Gasteiger partial charge in [0.1, 0.15) is 0 Å². The number of hydrogen-bond donors (Lipinski definition) is 0. The van der Waals surface area contributed by atoms with Gasteiger partial charge < -0.3 is 0 Å². The van der Waals surface area contributed by atoms with E-state index in [1.807, 2.05) is 12.4 Å². The van der Waals surface area contributed by atoms with Crippen LogP contribution in [0.3, 0.4) is 0 Å². The molecule has 2 nitrogen and oxygen atoms in total. The predicted octanol–water partition coefficient (Wildman–Crippen LogP) is 4.23. The van der Waals surface area contributed by atoms with Crippen molar-refractivity contribution in [1.29, 1.82) is 0 Å². The molecule has 0 radical (unpaired) electrons. The molecule has 2 rings (SSSR count). The fourth-order valence-electron chi connectivity index (χ4n) is 1.90. The van der Waals surface area contributed by atoms with Crippen LogP contribution in [0.15, 0.2) is 58.5 Å². The van der Waals surface area contributed by atoms with Crippen molar-refractivity contribution in [3.8, 4) is 0 Å². The van der Waals surface area contributed by atoms with Crippen LogP contribution < -0.4 is 0 Å². The van der Waals surface area contributed by atoms with Crippen molar-refractivity contribution in [1.82, 2.24) is 0 Å². The van der Waals surface area contributed by atoms with Crippen LogP contribution in [0.1, 0.15) is 28.7 Å². The smallest absolute Gasteiger partial charge is 0.0407 e. The summed E-state index contributed by atoms with van der Waals surface area (Å²) in [6, 6.07) is 16.8. The van der Waals surface area contributed by atoms with Crippen molar-refractivity contribution in [2.75, 3.05) is 13.1 Å². The molecule has 0 aliphatic carbocycles. The SMILES string of the molecule is Cc1ccc(C=NCCCN=Cc2ccc(C)cc2)cc1. The number of rotatable bonds is 6. The summed E-state index contributed by atoms with van der Waals surface area (Å²) < 4.78 is 0. The van der Waals surface area contributed by atoms with E-state index in [0.29, 0.717) is 0 Å². The number of aliphatic imine (C=N–C) groups is 2. The highest BCUT2D eigenvalue weighted by Gasteiger charge is 1.89. The highest BCUT2D eigenvalue weighted by molar-refractivity contribution is 5.80. The van der Waals surface area contributed by atoms with Gasteiger partial charge in [-0.15, -0.1) is 0 Å². The number of hydrogen-bond acceptors (Lipinski definition) is 2. The molecule has 21 heavy (non-hydrogen) atoms. The maximum Gasteiger partial charge on any atom is 0.0407 e. The Morgan fingerprint density at radius 1 is 0.667 bits per heavy atom. The van der Waals surface area contributed by atoms with Crippen LogP contribution in [-0.4, -0.2) is 25.5 Å². The first-order valence-electron chi connectivity index (χ1n) is 7.37. The summed E-state index contributed by atoms with van der Waals surface area (Å²) >= 11 is 0. The van der Waals surface area contributed by atoms with Gasteiger partial charge in [-0.1, -0.05) is 59.7 Å². The van der Waals surface area contributed by atoms with Gasteiger partial charge in [-0.25, -0.2) is 0 Å². The zero-order valence-corrected chi connectivity index (χ0v) is 12.8. The molecule has 0 bridgehead atoms. The van der Waals surface area contributed by atoms with E-state index in [1.165, 1.54) is 11.1 Å². The first-order chi connectivity index (χ1) is 10.2. The first-order valence-corrected chi connectivity index (χ1v) is 7.37. The Hall–Kier alpha value is -2.22. The third-order valence-corrected chi connectivity index (χ3v) is 3.21. The molecule has 2 aromatic rings. The average Bonchev–Trinajstić information content (AvgIpc) is 2.50. The van der Waals surface area contributed by atoms with E-state index in [0.717, 1.165) is 30.6 Å². The van der Waals surface area contributed by atoms with Crippen molar-refractivity contribution in [3.63, 3.8) is 0 Å². The zero-order chi connectivity index (χ0) is 14.9. The number of nitrogens with zero attached hydrogens (tertiary/aromatic N) is 2. The Labute approximate surface area is 127 Å². The third-order valence-electron chi connectivity index (χ3n) is 3.21. The third kappa shape index (κ3) is 5.74. The molecule has 0 saturated heterocycles. The summed E-state index contributed by atoms with van der Waals surface area (Å²) in [5.74, 6) is 0. The molecule has 0 fully saturated rings. The molecule has 0 saturated carbocycles. The van der Waals surface area contributed by atoms with Crippen molar-refractivity contribution >= 4 is 12.4 Å². The predicted molar refractivity (Wildman–Crippen MR) is 91.9 cm³/mol. The van der Waals surface area contributed by atoms with Gasteiger partial charge >= 0.3 is 0 Å². The second-order valence-corrected chi connectivity index (χ2v) is 5.25. The minimum Gasteiger partial charge on any atom is -0.292 e. The maximum atomic E-state index is 4.43. The van der Waals surface area contributed by atoms with E-state index in [1.54, 1.807) is 0 Å². The number of benzene rings is 2. The molecule has 0 N–H and O–H groups in total. The molecule has 108 valence electrons. The van der Waals surface area contributed by atoms with Crippen LogP contribution in [0, 0.1) is 13.8 Å². The van der Waals surface area contributed by atoms with Crippen molar-refractivity contribution < 1.29 is 0 Å². The molecular formula is C19H22N2. The molecule has 0 aliphatic rings. The van der Waals surface area contributed by atoms with Gasteiger partial charge in [-0.2, -0.15) is 0 Å². The monoisotopic (exact) mass is 278 g/mol. The summed E-state index contributed by atoms with van der Waals surface area (Å²) in [4.78, 5) is 8.86. The van der Waals surface area contributed by atoms with Crippen LogP contribution in [0.5, 0.6) is 0 Å². The summed E-state index contributed by atoms with van der Waals surface area (Å²) in [5.41, 5.74) is 4.86. The molecular weight excluding hydrogens is 256 g/mol. The second kappa shape index (κ2) is 8.15. The van der Waals surface area contributed by atoms with Gasteiger partial charge in [0, 0.05) is 25.5 Å². The lowest BCUT2D eigenvalue weighted by molar-refractivity contribution is 0.851. The topological polar surface area (TPSA) is 24.7 Å². The lowest BCUT2D eigenvalue weighted by Crippen LogP contribution is -1.90. The normalized spacial score (nSPS) is 11.5. The summed E-state index contributed by atoms with van der Waals surface area (Å²) in [6.45, 7) is 5.82. The van der Waals surface area contributed by atoms with Gasteiger partial charge in [0.25, 0.3) is 0 Å². The van der Waals surface area contributed by atoms with Gasteiger partial charge in [0.2, 0.25) is 0 Å². The Kier molecular flexibility index (Phi) is 5.89. The Morgan fingerprint density at radius 3 is 1.43 bits per heavy atom. The van der Waals surface area contributed by atoms with E-state index in [-0.39, 0.29) is 0 Å². The van der Waals surface area contributed by atoms with Crippen molar-refractivity contribution in [3.05, 3.63) is 70.8 Å².